The Hall–Kier alpha value is -0.920. The minimum absolute atomic E-state index is 0.0973. The monoisotopic (exact) mass is 358 g/mol. The predicted molar refractivity (Wildman–Crippen MR) is 78.8 cm³/mol. The number of carbonyl (C=O) groups is 2. The van der Waals surface area contributed by atoms with Crippen molar-refractivity contribution >= 4 is 39.1 Å². The molecular formula is C13H15BrN2O3S. The van der Waals surface area contributed by atoms with Crippen molar-refractivity contribution in [1.82, 2.24) is 10.2 Å². The zero-order chi connectivity index (χ0) is 14.1. The predicted octanol–water partition coefficient (Wildman–Crippen LogP) is 1.63. The molecule has 0 bridgehead atoms. The summed E-state index contributed by atoms with van der Waals surface area (Å²) in [7, 11) is 0. The van der Waals surface area contributed by atoms with Gasteiger partial charge in [0.25, 0.3) is 5.91 Å². The molecule has 0 spiro atoms. The summed E-state index contributed by atoms with van der Waals surface area (Å²) in [6, 6.07) is 3.40. The molecule has 5 nitrogen and oxygen atoms in total. The molecule has 2 fully saturated rings. The van der Waals surface area contributed by atoms with Crippen molar-refractivity contribution < 1.29 is 14.3 Å². The maximum atomic E-state index is 12.5. The number of amides is 2. The summed E-state index contributed by atoms with van der Waals surface area (Å²) in [6.07, 6.45) is 2.07. The van der Waals surface area contributed by atoms with E-state index < -0.39 is 6.04 Å². The third-order valence-corrected chi connectivity index (χ3v) is 5.01. The highest BCUT2D eigenvalue weighted by Crippen LogP contribution is 2.25. The molecule has 2 amide bonds. The molecule has 1 aromatic heterocycles. The zero-order valence-electron chi connectivity index (χ0n) is 10.8. The molecule has 0 radical (unpaired) electrons. The Bertz CT molecular complexity index is 529. The van der Waals surface area contributed by atoms with Gasteiger partial charge in [-0.1, -0.05) is 0 Å². The smallest absolute Gasteiger partial charge is 0.264 e. The molecule has 1 atom stereocenters. The molecule has 1 aliphatic carbocycles. The molecule has 7 heteroatoms. The fourth-order valence-corrected chi connectivity index (χ4v) is 3.50. The molecule has 1 saturated carbocycles. The van der Waals surface area contributed by atoms with Gasteiger partial charge in [-0.05, 0) is 40.9 Å². The van der Waals surface area contributed by atoms with Crippen LogP contribution in [0.4, 0.5) is 0 Å². The summed E-state index contributed by atoms with van der Waals surface area (Å²) in [5.74, 6) is -0.198. The molecule has 1 saturated heterocycles. The Balaban J connectivity index is 1.73. The maximum absolute atomic E-state index is 12.5. The van der Waals surface area contributed by atoms with E-state index in [0.717, 1.165) is 16.6 Å². The summed E-state index contributed by atoms with van der Waals surface area (Å²) < 4.78 is 6.28. The van der Waals surface area contributed by atoms with E-state index in [1.165, 1.54) is 11.3 Å². The van der Waals surface area contributed by atoms with Crippen molar-refractivity contribution in [3.05, 3.63) is 20.8 Å². The first-order valence-corrected chi connectivity index (χ1v) is 8.20. The molecule has 20 heavy (non-hydrogen) atoms. The van der Waals surface area contributed by atoms with E-state index in [2.05, 4.69) is 21.2 Å². The van der Waals surface area contributed by atoms with Crippen LogP contribution in [0.25, 0.3) is 0 Å². The third kappa shape index (κ3) is 3.05. The van der Waals surface area contributed by atoms with Gasteiger partial charge in [0.1, 0.15) is 6.04 Å². The summed E-state index contributed by atoms with van der Waals surface area (Å²) in [5, 5.41) is 2.95. The van der Waals surface area contributed by atoms with Gasteiger partial charge in [0.2, 0.25) is 5.91 Å². The van der Waals surface area contributed by atoms with Gasteiger partial charge < -0.3 is 15.0 Å². The SMILES string of the molecule is O=C(NC1CC1)C1COCCN1C(=O)c1ccc(Br)s1. The topological polar surface area (TPSA) is 58.6 Å². The second-order valence-corrected chi connectivity index (χ2v) is 7.44. The number of nitrogens with zero attached hydrogens (tertiary/aromatic N) is 1. The fraction of sp³-hybridized carbons (Fsp3) is 0.538. The van der Waals surface area contributed by atoms with E-state index in [0.29, 0.717) is 18.0 Å². The van der Waals surface area contributed by atoms with Crippen LogP contribution in [0.1, 0.15) is 22.5 Å². The molecular weight excluding hydrogens is 344 g/mol. The zero-order valence-corrected chi connectivity index (χ0v) is 13.2. The highest BCUT2D eigenvalue weighted by atomic mass is 79.9. The van der Waals surface area contributed by atoms with Gasteiger partial charge >= 0.3 is 0 Å². The number of morpholine rings is 1. The van der Waals surface area contributed by atoms with Crippen molar-refractivity contribution in [2.24, 2.45) is 0 Å². The summed E-state index contributed by atoms with van der Waals surface area (Å²) in [6.45, 7) is 1.21. The molecule has 0 aromatic carbocycles. The van der Waals surface area contributed by atoms with Crippen LogP contribution < -0.4 is 5.32 Å². The minimum atomic E-state index is -0.516. The highest BCUT2D eigenvalue weighted by molar-refractivity contribution is 9.11. The highest BCUT2D eigenvalue weighted by Gasteiger charge is 2.36. The van der Waals surface area contributed by atoms with Gasteiger partial charge in [0.05, 0.1) is 21.9 Å². The van der Waals surface area contributed by atoms with Crippen LogP contribution in [-0.4, -0.2) is 48.6 Å². The van der Waals surface area contributed by atoms with Crippen molar-refractivity contribution in [2.75, 3.05) is 19.8 Å². The van der Waals surface area contributed by atoms with Crippen molar-refractivity contribution in [2.45, 2.75) is 24.9 Å². The summed E-state index contributed by atoms with van der Waals surface area (Å²) in [5.41, 5.74) is 0. The number of hydrogen-bond donors (Lipinski definition) is 1. The number of rotatable bonds is 3. The first-order valence-electron chi connectivity index (χ1n) is 6.59. The van der Waals surface area contributed by atoms with Crippen LogP contribution in [0.3, 0.4) is 0 Å². The molecule has 2 heterocycles. The lowest BCUT2D eigenvalue weighted by molar-refractivity contribution is -0.130. The largest absolute Gasteiger partial charge is 0.377 e. The van der Waals surface area contributed by atoms with Crippen LogP contribution >= 0.6 is 27.3 Å². The molecule has 3 rings (SSSR count). The van der Waals surface area contributed by atoms with Gasteiger partial charge in [-0.2, -0.15) is 0 Å². The van der Waals surface area contributed by atoms with Crippen LogP contribution in [0.15, 0.2) is 15.9 Å². The Morgan fingerprint density at radius 2 is 2.20 bits per heavy atom. The Morgan fingerprint density at radius 1 is 1.40 bits per heavy atom. The van der Waals surface area contributed by atoms with E-state index in [-0.39, 0.29) is 24.5 Å². The molecule has 1 aromatic rings. The minimum Gasteiger partial charge on any atom is -0.377 e. The van der Waals surface area contributed by atoms with Crippen molar-refractivity contribution in [1.29, 1.82) is 0 Å². The molecule has 1 N–H and O–H groups in total. The third-order valence-electron chi connectivity index (χ3n) is 3.40. The van der Waals surface area contributed by atoms with Crippen molar-refractivity contribution in [3.63, 3.8) is 0 Å². The Kier molecular flexibility index (Phi) is 4.09. The number of ether oxygens (including phenoxy) is 1. The van der Waals surface area contributed by atoms with Gasteiger partial charge in [0.15, 0.2) is 0 Å². The van der Waals surface area contributed by atoms with Crippen LogP contribution in [-0.2, 0) is 9.53 Å². The molecule has 1 aliphatic heterocycles. The van der Waals surface area contributed by atoms with Crippen molar-refractivity contribution in [3.8, 4) is 0 Å². The average molecular weight is 359 g/mol. The number of thiophene rings is 1. The van der Waals surface area contributed by atoms with Crippen LogP contribution in [0.2, 0.25) is 0 Å². The number of hydrogen-bond acceptors (Lipinski definition) is 4. The first-order chi connectivity index (χ1) is 9.65. The maximum Gasteiger partial charge on any atom is 0.264 e. The number of halogens is 1. The number of nitrogens with one attached hydrogen (secondary N) is 1. The van der Waals surface area contributed by atoms with E-state index in [4.69, 9.17) is 4.74 Å². The van der Waals surface area contributed by atoms with Crippen LogP contribution in [0, 0.1) is 0 Å². The van der Waals surface area contributed by atoms with E-state index in [1.54, 1.807) is 11.0 Å². The average Bonchev–Trinajstić information content (AvgIpc) is 3.16. The van der Waals surface area contributed by atoms with Gasteiger partial charge in [-0.25, -0.2) is 0 Å². The molecule has 1 unspecified atom stereocenters. The van der Waals surface area contributed by atoms with E-state index in [9.17, 15) is 9.59 Å². The second-order valence-electron chi connectivity index (χ2n) is 4.98. The first kappa shape index (κ1) is 14.0. The van der Waals surface area contributed by atoms with Gasteiger partial charge in [0, 0.05) is 12.6 Å². The lowest BCUT2D eigenvalue weighted by atomic mass is 10.2. The Morgan fingerprint density at radius 3 is 2.85 bits per heavy atom. The lowest BCUT2D eigenvalue weighted by Gasteiger charge is -2.34. The fourth-order valence-electron chi connectivity index (χ4n) is 2.16. The van der Waals surface area contributed by atoms with E-state index in [1.807, 2.05) is 6.07 Å². The second kappa shape index (κ2) is 5.83. The quantitative estimate of drug-likeness (QED) is 0.893. The van der Waals surface area contributed by atoms with E-state index >= 15 is 0 Å². The summed E-state index contributed by atoms with van der Waals surface area (Å²) in [4.78, 5) is 27.0. The Labute approximate surface area is 129 Å². The summed E-state index contributed by atoms with van der Waals surface area (Å²) >= 11 is 4.74. The standard InChI is InChI=1S/C13H15BrN2O3S/c14-11-4-3-10(20-11)13(18)16-5-6-19-7-9(16)12(17)15-8-1-2-8/h3-4,8-9H,1-2,5-7H2,(H,15,17). The van der Waals surface area contributed by atoms with Gasteiger partial charge in [-0.15, -0.1) is 11.3 Å². The van der Waals surface area contributed by atoms with Crippen LogP contribution in [0.5, 0.6) is 0 Å². The lowest BCUT2D eigenvalue weighted by Crippen LogP contribution is -2.56. The molecule has 2 aliphatic rings. The number of carbonyl (C=O) groups excluding carboxylic acids is 2. The van der Waals surface area contributed by atoms with Gasteiger partial charge in [-0.3, -0.25) is 9.59 Å². The molecule has 108 valence electrons. The normalized spacial score (nSPS) is 22.6.